The van der Waals surface area contributed by atoms with Crippen LogP contribution in [0.15, 0.2) is 42.6 Å². The summed E-state index contributed by atoms with van der Waals surface area (Å²) >= 11 is 0. The maximum absolute atomic E-state index is 12.2. The van der Waals surface area contributed by atoms with Crippen LogP contribution in [0.25, 0.3) is 0 Å². The number of pyridine rings is 1. The summed E-state index contributed by atoms with van der Waals surface area (Å²) in [5, 5.41) is 2.91. The summed E-state index contributed by atoms with van der Waals surface area (Å²) in [6.07, 6.45) is 2.50. The Morgan fingerprint density at radius 3 is 2.62 bits per heavy atom. The molecule has 0 aliphatic carbocycles. The molecule has 0 saturated heterocycles. The van der Waals surface area contributed by atoms with Crippen LogP contribution in [-0.2, 0) is 6.42 Å². The number of methoxy groups -OCH3 is 1. The minimum Gasteiger partial charge on any atom is -0.497 e. The monoisotopic (exact) mass is 327 g/mol. The molecular formula is C19H25N3O2. The van der Waals surface area contributed by atoms with Gasteiger partial charge >= 0.3 is 0 Å². The second-order valence-electron chi connectivity index (χ2n) is 5.43. The zero-order chi connectivity index (χ0) is 17.4. The van der Waals surface area contributed by atoms with Gasteiger partial charge in [-0.1, -0.05) is 12.1 Å². The van der Waals surface area contributed by atoms with Crippen molar-refractivity contribution in [2.75, 3.05) is 31.6 Å². The van der Waals surface area contributed by atoms with Gasteiger partial charge in [-0.15, -0.1) is 0 Å². The molecule has 0 radical (unpaired) electrons. The summed E-state index contributed by atoms with van der Waals surface area (Å²) in [6, 6.07) is 11.6. The zero-order valence-corrected chi connectivity index (χ0v) is 14.6. The molecule has 2 rings (SSSR count). The van der Waals surface area contributed by atoms with Crippen molar-refractivity contribution in [1.29, 1.82) is 0 Å². The highest BCUT2D eigenvalue weighted by Gasteiger charge is 2.08. The second-order valence-corrected chi connectivity index (χ2v) is 5.43. The SMILES string of the molecule is CCN(CC)c1ccc(C(=O)NCCc2cccc(OC)c2)nc1. The first-order valence-corrected chi connectivity index (χ1v) is 8.30. The largest absolute Gasteiger partial charge is 0.497 e. The van der Waals surface area contributed by atoms with E-state index >= 15 is 0 Å². The van der Waals surface area contributed by atoms with Crippen LogP contribution >= 0.6 is 0 Å². The molecular weight excluding hydrogens is 302 g/mol. The van der Waals surface area contributed by atoms with Crippen molar-refractivity contribution in [1.82, 2.24) is 10.3 Å². The first-order chi connectivity index (χ1) is 11.7. The Morgan fingerprint density at radius 2 is 2.00 bits per heavy atom. The van der Waals surface area contributed by atoms with Crippen LogP contribution in [0, 0.1) is 0 Å². The molecule has 5 nitrogen and oxygen atoms in total. The Kier molecular flexibility index (Phi) is 6.61. The quantitative estimate of drug-likeness (QED) is 0.810. The standard InChI is InChI=1S/C19H25N3O2/c1-4-22(5-2)16-9-10-18(21-14-16)19(23)20-12-11-15-7-6-8-17(13-15)24-3/h6-10,13-14H,4-5,11-12H2,1-3H3,(H,20,23). The number of nitrogens with zero attached hydrogens (tertiary/aromatic N) is 2. The third-order valence-electron chi connectivity index (χ3n) is 3.94. The van der Waals surface area contributed by atoms with Crippen molar-refractivity contribution < 1.29 is 9.53 Å². The lowest BCUT2D eigenvalue weighted by Crippen LogP contribution is -2.27. The number of nitrogens with one attached hydrogen (secondary N) is 1. The minimum atomic E-state index is -0.149. The molecule has 1 amide bonds. The van der Waals surface area contributed by atoms with Crippen molar-refractivity contribution >= 4 is 11.6 Å². The molecule has 0 aliphatic heterocycles. The third-order valence-corrected chi connectivity index (χ3v) is 3.94. The normalized spacial score (nSPS) is 10.3. The Morgan fingerprint density at radius 1 is 1.21 bits per heavy atom. The Bertz CT molecular complexity index is 652. The summed E-state index contributed by atoms with van der Waals surface area (Å²) in [7, 11) is 1.65. The summed E-state index contributed by atoms with van der Waals surface area (Å²) < 4.78 is 5.20. The van der Waals surface area contributed by atoms with E-state index in [2.05, 4.69) is 29.0 Å². The number of aromatic nitrogens is 1. The first kappa shape index (κ1) is 17.8. The van der Waals surface area contributed by atoms with E-state index in [9.17, 15) is 4.79 Å². The molecule has 128 valence electrons. The van der Waals surface area contributed by atoms with Crippen LogP contribution in [-0.4, -0.2) is 37.6 Å². The van der Waals surface area contributed by atoms with Crippen LogP contribution in [0.3, 0.4) is 0 Å². The van der Waals surface area contributed by atoms with E-state index in [1.165, 1.54) is 0 Å². The first-order valence-electron chi connectivity index (χ1n) is 8.30. The van der Waals surface area contributed by atoms with E-state index in [-0.39, 0.29) is 5.91 Å². The van der Waals surface area contributed by atoms with Crippen molar-refractivity contribution in [3.63, 3.8) is 0 Å². The Labute approximate surface area is 143 Å². The Balaban J connectivity index is 1.88. The number of amides is 1. The van der Waals surface area contributed by atoms with Crippen molar-refractivity contribution in [2.45, 2.75) is 20.3 Å². The lowest BCUT2D eigenvalue weighted by atomic mass is 10.1. The fourth-order valence-corrected chi connectivity index (χ4v) is 2.54. The molecule has 5 heteroatoms. The number of rotatable bonds is 8. The van der Waals surface area contributed by atoms with E-state index in [1.54, 1.807) is 19.4 Å². The molecule has 1 aromatic carbocycles. The predicted molar refractivity (Wildman–Crippen MR) is 96.8 cm³/mol. The zero-order valence-electron chi connectivity index (χ0n) is 14.6. The van der Waals surface area contributed by atoms with Gasteiger partial charge in [-0.3, -0.25) is 4.79 Å². The molecule has 1 aromatic heterocycles. The van der Waals surface area contributed by atoms with Crippen molar-refractivity contribution in [2.24, 2.45) is 0 Å². The van der Waals surface area contributed by atoms with Crippen LogP contribution in [0.4, 0.5) is 5.69 Å². The summed E-state index contributed by atoms with van der Waals surface area (Å²) in [5.41, 5.74) is 2.60. The molecule has 0 aliphatic rings. The van der Waals surface area contributed by atoms with Gasteiger partial charge in [-0.25, -0.2) is 4.98 Å². The van der Waals surface area contributed by atoms with E-state index in [1.807, 2.05) is 30.3 Å². The predicted octanol–water partition coefficient (Wildman–Crippen LogP) is 2.91. The van der Waals surface area contributed by atoms with Crippen molar-refractivity contribution in [3.8, 4) is 5.75 Å². The highest BCUT2D eigenvalue weighted by molar-refractivity contribution is 5.92. The average molecular weight is 327 g/mol. The van der Waals surface area contributed by atoms with Crippen LogP contribution in [0.5, 0.6) is 5.75 Å². The van der Waals surface area contributed by atoms with Gasteiger partial charge in [0.05, 0.1) is 19.0 Å². The maximum atomic E-state index is 12.2. The molecule has 1 heterocycles. The fourth-order valence-electron chi connectivity index (χ4n) is 2.54. The summed E-state index contributed by atoms with van der Waals surface area (Å²) in [6.45, 7) is 6.60. The summed E-state index contributed by atoms with van der Waals surface area (Å²) in [5.74, 6) is 0.677. The average Bonchev–Trinajstić information content (AvgIpc) is 2.63. The second kappa shape index (κ2) is 8.91. The number of hydrogen-bond donors (Lipinski definition) is 1. The topological polar surface area (TPSA) is 54.5 Å². The van der Waals surface area contributed by atoms with Gasteiger partial charge in [0.15, 0.2) is 0 Å². The lowest BCUT2D eigenvalue weighted by molar-refractivity contribution is 0.0949. The fraction of sp³-hybridized carbons (Fsp3) is 0.368. The highest BCUT2D eigenvalue weighted by Crippen LogP contribution is 2.13. The van der Waals surface area contributed by atoms with Gasteiger partial charge in [0, 0.05) is 19.6 Å². The minimum absolute atomic E-state index is 0.149. The number of anilines is 1. The van der Waals surface area contributed by atoms with Gasteiger partial charge in [0.25, 0.3) is 5.91 Å². The van der Waals surface area contributed by atoms with E-state index in [4.69, 9.17) is 4.74 Å². The summed E-state index contributed by atoms with van der Waals surface area (Å²) in [4.78, 5) is 18.6. The maximum Gasteiger partial charge on any atom is 0.269 e. The van der Waals surface area contributed by atoms with Crippen LogP contribution in [0.2, 0.25) is 0 Å². The van der Waals surface area contributed by atoms with E-state index < -0.39 is 0 Å². The number of ether oxygens (including phenoxy) is 1. The van der Waals surface area contributed by atoms with E-state index in [0.29, 0.717) is 12.2 Å². The molecule has 1 N–H and O–H groups in total. The van der Waals surface area contributed by atoms with Gasteiger partial charge in [-0.05, 0) is 50.1 Å². The molecule has 0 spiro atoms. The molecule has 24 heavy (non-hydrogen) atoms. The lowest BCUT2D eigenvalue weighted by Gasteiger charge is -2.20. The van der Waals surface area contributed by atoms with Crippen molar-refractivity contribution in [3.05, 3.63) is 53.9 Å². The molecule has 0 unspecified atom stereocenters. The molecule has 2 aromatic rings. The van der Waals surface area contributed by atoms with E-state index in [0.717, 1.165) is 36.5 Å². The van der Waals surface area contributed by atoms with Crippen LogP contribution < -0.4 is 15.0 Å². The third kappa shape index (κ3) is 4.72. The number of carbonyl (C=O) groups is 1. The number of carbonyl (C=O) groups excluding carboxylic acids is 1. The molecule has 0 saturated carbocycles. The van der Waals surface area contributed by atoms with Gasteiger partial charge in [0.2, 0.25) is 0 Å². The van der Waals surface area contributed by atoms with Crippen LogP contribution in [0.1, 0.15) is 29.9 Å². The molecule has 0 bridgehead atoms. The molecule has 0 fully saturated rings. The highest BCUT2D eigenvalue weighted by atomic mass is 16.5. The number of benzene rings is 1. The number of hydrogen-bond acceptors (Lipinski definition) is 4. The van der Waals surface area contributed by atoms with Gasteiger partial charge < -0.3 is 15.0 Å². The van der Waals surface area contributed by atoms with Gasteiger partial charge in [0.1, 0.15) is 11.4 Å². The Hall–Kier alpha value is -2.56. The smallest absolute Gasteiger partial charge is 0.269 e. The molecule has 0 atom stereocenters. The van der Waals surface area contributed by atoms with Gasteiger partial charge in [-0.2, -0.15) is 0 Å².